The molecule has 0 saturated carbocycles. The second-order valence-electron chi connectivity index (χ2n) is 3.85. The molecular formula is C13H20N2O3. The van der Waals surface area contributed by atoms with Crippen molar-refractivity contribution in [1.29, 1.82) is 0 Å². The lowest BCUT2D eigenvalue weighted by Crippen LogP contribution is -2.10. The summed E-state index contributed by atoms with van der Waals surface area (Å²) in [6.45, 7) is 4.73. The van der Waals surface area contributed by atoms with Gasteiger partial charge in [-0.15, -0.1) is 0 Å². The molecule has 1 aromatic rings. The van der Waals surface area contributed by atoms with E-state index in [1.54, 1.807) is 6.92 Å². The van der Waals surface area contributed by atoms with Crippen LogP contribution in [0.2, 0.25) is 0 Å². The van der Waals surface area contributed by atoms with Crippen LogP contribution in [0, 0.1) is 0 Å². The fraction of sp³-hybridized carbons (Fsp3) is 0.538. The Kier molecular flexibility index (Phi) is 5.97. The minimum Gasteiger partial charge on any atom is -0.476 e. The van der Waals surface area contributed by atoms with Crippen LogP contribution in [-0.2, 0) is 4.74 Å². The van der Waals surface area contributed by atoms with E-state index in [4.69, 9.17) is 15.2 Å². The molecule has 0 aliphatic rings. The third-order valence-corrected chi connectivity index (χ3v) is 2.44. The van der Waals surface area contributed by atoms with Crippen molar-refractivity contribution in [3.05, 3.63) is 17.8 Å². The molecule has 1 heterocycles. The predicted octanol–water partition coefficient (Wildman–Crippen LogP) is 2.41. The zero-order valence-electron chi connectivity index (χ0n) is 10.9. The van der Waals surface area contributed by atoms with E-state index in [0.29, 0.717) is 24.7 Å². The summed E-state index contributed by atoms with van der Waals surface area (Å²) in [5.41, 5.74) is 6.39. The van der Waals surface area contributed by atoms with Gasteiger partial charge < -0.3 is 15.2 Å². The van der Waals surface area contributed by atoms with E-state index in [1.165, 1.54) is 12.3 Å². The highest BCUT2D eigenvalue weighted by Crippen LogP contribution is 2.23. The Labute approximate surface area is 107 Å². The Hall–Kier alpha value is -1.78. The van der Waals surface area contributed by atoms with Gasteiger partial charge in [-0.3, -0.25) is 0 Å². The summed E-state index contributed by atoms with van der Waals surface area (Å²) in [7, 11) is 0. The van der Waals surface area contributed by atoms with E-state index >= 15 is 0 Å². The SMILES string of the molecule is CCCCCOc1nccc(C(=O)OCC)c1N. The minimum atomic E-state index is -0.448. The normalized spacial score (nSPS) is 10.1. The molecule has 0 bridgehead atoms. The second-order valence-corrected chi connectivity index (χ2v) is 3.85. The molecule has 0 amide bonds. The van der Waals surface area contributed by atoms with E-state index in [0.717, 1.165) is 19.3 Å². The lowest BCUT2D eigenvalue weighted by atomic mass is 10.2. The maximum absolute atomic E-state index is 11.6. The quantitative estimate of drug-likeness (QED) is 0.595. The summed E-state index contributed by atoms with van der Waals surface area (Å²) in [5.74, 6) is -0.146. The van der Waals surface area contributed by atoms with Crippen LogP contribution >= 0.6 is 0 Å². The predicted molar refractivity (Wildman–Crippen MR) is 69.6 cm³/mol. The van der Waals surface area contributed by atoms with Gasteiger partial charge in [0, 0.05) is 6.20 Å². The van der Waals surface area contributed by atoms with Gasteiger partial charge >= 0.3 is 5.97 Å². The summed E-state index contributed by atoms with van der Waals surface area (Å²) >= 11 is 0. The molecule has 0 atom stereocenters. The molecule has 18 heavy (non-hydrogen) atoms. The van der Waals surface area contributed by atoms with Gasteiger partial charge in [0.2, 0.25) is 5.88 Å². The first-order valence-corrected chi connectivity index (χ1v) is 6.25. The van der Waals surface area contributed by atoms with E-state index in [-0.39, 0.29) is 5.69 Å². The van der Waals surface area contributed by atoms with Crippen molar-refractivity contribution < 1.29 is 14.3 Å². The molecule has 0 aliphatic heterocycles. The maximum atomic E-state index is 11.6. The monoisotopic (exact) mass is 252 g/mol. The maximum Gasteiger partial charge on any atom is 0.340 e. The molecule has 5 heteroatoms. The number of unbranched alkanes of at least 4 members (excludes halogenated alkanes) is 2. The third kappa shape index (κ3) is 3.91. The number of carbonyl (C=O) groups excluding carboxylic acids is 1. The van der Waals surface area contributed by atoms with E-state index in [9.17, 15) is 4.79 Å². The zero-order chi connectivity index (χ0) is 13.4. The fourth-order valence-corrected chi connectivity index (χ4v) is 1.48. The van der Waals surface area contributed by atoms with Crippen molar-refractivity contribution in [3.63, 3.8) is 0 Å². The number of hydrogen-bond acceptors (Lipinski definition) is 5. The lowest BCUT2D eigenvalue weighted by molar-refractivity contribution is 0.0527. The van der Waals surface area contributed by atoms with Gasteiger partial charge in [0.1, 0.15) is 5.69 Å². The number of anilines is 1. The molecule has 2 N–H and O–H groups in total. The van der Waals surface area contributed by atoms with Crippen LogP contribution in [0.1, 0.15) is 43.5 Å². The van der Waals surface area contributed by atoms with Gasteiger partial charge in [0.25, 0.3) is 0 Å². The highest BCUT2D eigenvalue weighted by atomic mass is 16.5. The zero-order valence-corrected chi connectivity index (χ0v) is 10.9. The van der Waals surface area contributed by atoms with Crippen LogP contribution in [-0.4, -0.2) is 24.2 Å². The first-order valence-electron chi connectivity index (χ1n) is 6.25. The first kappa shape index (κ1) is 14.3. The highest BCUT2D eigenvalue weighted by molar-refractivity contribution is 5.96. The molecule has 5 nitrogen and oxygen atoms in total. The molecule has 100 valence electrons. The third-order valence-electron chi connectivity index (χ3n) is 2.44. The topological polar surface area (TPSA) is 74.4 Å². The molecule has 1 aromatic heterocycles. The smallest absolute Gasteiger partial charge is 0.340 e. The molecule has 1 rings (SSSR count). The van der Waals surface area contributed by atoms with Crippen LogP contribution < -0.4 is 10.5 Å². The van der Waals surface area contributed by atoms with Crippen LogP contribution in [0.25, 0.3) is 0 Å². The Morgan fingerprint density at radius 1 is 1.39 bits per heavy atom. The summed E-state index contributed by atoms with van der Waals surface area (Å²) in [6.07, 6.45) is 4.66. The summed E-state index contributed by atoms with van der Waals surface area (Å²) in [5, 5.41) is 0. The average Bonchev–Trinajstić information content (AvgIpc) is 2.36. The number of hydrogen-bond donors (Lipinski definition) is 1. The van der Waals surface area contributed by atoms with Crippen LogP contribution in [0.15, 0.2) is 12.3 Å². The van der Waals surface area contributed by atoms with Crippen molar-refractivity contribution in [1.82, 2.24) is 4.98 Å². The fourth-order valence-electron chi connectivity index (χ4n) is 1.48. The molecule has 0 unspecified atom stereocenters. The van der Waals surface area contributed by atoms with E-state index in [1.807, 2.05) is 0 Å². The molecule has 0 spiro atoms. The Bertz CT molecular complexity index is 394. The molecule has 0 fully saturated rings. The van der Waals surface area contributed by atoms with Gasteiger partial charge in [-0.1, -0.05) is 19.8 Å². The van der Waals surface area contributed by atoms with Crippen molar-refractivity contribution in [2.24, 2.45) is 0 Å². The Morgan fingerprint density at radius 2 is 2.17 bits per heavy atom. The number of rotatable bonds is 7. The number of pyridine rings is 1. The summed E-state index contributed by atoms with van der Waals surface area (Å²) < 4.78 is 10.4. The Morgan fingerprint density at radius 3 is 2.83 bits per heavy atom. The van der Waals surface area contributed by atoms with Crippen molar-refractivity contribution in [2.45, 2.75) is 33.1 Å². The average molecular weight is 252 g/mol. The number of aromatic nitrogens is 1. The van der Waals surface area contributed by atoms with Gasteiger partial charge in [-0.05, 0) is 19.4 Å². The number of nitrogen functional groups attached to an aromatic ring is 1. The van der Waals surface area contributed by atoms with E-state index < -0.39 is 5.97 Å². The lowest BCUT2D eigenvalue weighted by Gasteiger charge is -2.10. The van der Waals surface area contributed by atoms with E-state index in [2.05, 4.69) is 11.9 Å². The first-order chi connectivity index (χ1) is 8.70. The van der Waals surface area contributed by atoms with Gasteiger partial charge in [-0.2, -0.15) is 0 Å². The summed E-state index contributed by atoms with van der Waals surface area (Å²) in [6, 6.07) is 1.53. The van der Waals surface area contributed by atoms with Crippen molar-refractivity contribution in [2.75, 3.05) is 18.9 Å². The standard InChI is InChI=1S/C13H20N2O3/c1-3-5-6-9-18-12-11(14)10(7-8-15-12)13(16)17-4-2/h7-8H,3-6,9,14H2,1-2H3. The number of nitrogens with two attached hydrogens (primary N) is 1. The summed E-state index contributed by atoms with van der Waals surface area (Å²) in [4.78, 5) is 15.6. The molecule has 0 aromatic carbocycles. The van der Waals surface area contributed by atoms with Crippen LogP contribution in [0.4, 0.5) is 5.69 Å². The molecule has 0 saturated heterocycles. The largest absolute Gasteiger partial charge is 0.476 e. The van der Waals surface area contributed by atoms with Crippen LogP contribution in [0.5, 0.6) is 5.88 Å². The number of nitrogens with zero attached hydrogens (tertiary/aromatic N) is 1. The van der Waals surface area contributed by atoms with Gasteiger partial charge in [0.15, 0.2) is 0 Å². The number of carbonyl (C=O) groups is 1. The minimum absolute atomic E-state index is 0.243. The van der Waals surface area contributed by atoms with Crippen molar-refractivity contribution in [3.8, 4) is 5.88 Å². The van der Waals surface area contributed by atoms with Crippen molar-refractivity contribution >= 4 is 11.7 Å². The van der Waals surface area contributed by atoms with Crippen LogP contribution in [0.3, 0.4) is 0 Å². The van der Waals surface area contributed by atoms with Gasteiger partial charge in [0.05, 0.1) is 18.8 Å². The molecular weight excluding hydrogens is 232 g/mol. The second kappa shape index (κ2) is 7.53. The highest BCUT2D eigenvalue weighted by Gasteiger charge is 2.15. The van der Waals surface area contributed by atoms with Gasteiger partial charge in [-0.25, -0.2) is 9.78 Å². The number of ether oxygens (including phenoxy) is 2. The number of esters is 1. The Balaban J connectivity index is 2.69. The molecule has 0 radical (unpaired) electrons. The molecule has 0 aliphatic carbocycles.